The molecule has 0 saturated carbocycles. The number of hydrogen-bond donors (Lipinski definition) is 3. The average molecular weight is 198 g/mol. The van der Waals surface area contributed by atoms with Gasteiger partial charge in [-0.15, -0.1) is 0 Å². The van der Waals surface area contributed by atoms with Crippen LogP contribution < -0.4 is 5.84 Å². The van der Waals surface area contributed by atoms with E-state index in [4.69, 9.17) is 16.1 Å². The van der Waals surface area contributed by atoms with E-state index in [0.29, 0.717) is 0 Å². The monoisotopic (exact) mass is 198 g/mol. The molecule has 0 aliphatic rings. The van der Waals surface area contributed by atoms with Gasteiger partial charge in [0.2, 0.25) is 0 Å². The fraction of sp³-hybridized carbons (Fsp3) is 0.250. The van der Waals surface area contributed by atoms with E-state index in [1.807, 2.05) is 0 Å². The highest BCUT2D eigenvalue weighted by Gasteiger charge is 2.24. The maximum atomic E-state index is 10.8. The summed E-state index contributed by atoms with van der Waals surface area (Å²) in [7, 11) is 0. The number of nitrogen functional groups attached to an aromatic ring is 1. The smallest absolute Gasteiger partial charge is 0.354 e. The Morgan fingerprint density at radius 2 is 1.71 bits per heavy atom. The van der Waals surface area contributed by atoms with E-state index in [2.05, 4.69) is 0 Å². The minimum atomic E-state index is -1.24. The lowest BCUT2D eigenvalue weighted by atomic mass is 10.1. The number of rotatable bonds is 2. The van der Waals surface area contributed by atoms with Gasteiger partial charge in [0.25, 0.3) is 0 Å². The molecule has 1 aromatic heterocycles. The molecular weight excluding hydrogens is 188 g/mol. The van der Waals surface area contributed by atoms with Crippen molar-refractivity contribution in [2.24, 2.45) is 0 Å². The van der Waals surface area contributed by atoms with Crippen molar-refractivity contribution in [1.29, 1.82) is 0 Å². The van der Waals surface area contributed by atoms with Gasteiger partial charge >= 0.3 is 11.9 Å². The fourth-order valence-corrected chi connectivity index (χ4v) is 1.44. The van der Waals surface area contributed by atoms with Crippen LogP contribution in [0.1, 0.15) is 32.1 Å². The van der Waals surface area contributed by atoms with E-state index in [1.165, 1.54) is 13.8 Å². The van der Waals surface area contributed by atoms with Gasteiger partial charge in [0, 0.05) is 0 Å². The SMILES string of the molecule is Cc1c(C(=O)O)c(C)n(N)c1C(=O)O. The largest absolute Gasteiger partial charge is 0.478 e. The Morgan fingerprint density at radius 1 is 1.21 bits per heavy atom. The molecule has 0 aromatic carbocycles. The average Bonchev–Trinajstić information content (AvgIpc) is 2.23. The van der Waals surface area contributed by atoms with Crippen LogP contribution in [0, 0.1) is 13.8 Å². The third-order valence-electron chi connectivity index (χ3n) is 2.11. The van der Waals surface area contributed by atoms with Crippen molar-refractivity contribution in [1.82, 2.24) is 4.68 Å². The Balaban J connectivity index is 3.57. The molecule has 0 bridgehead atoms. The number of nitrogens with zero attached hydrogens (tertiary/aromatic N) is 1. The van der Waals surface area contributed by atoms with E-state index < -0.39 is 11.9 Å². The number of aromatic nitrogens is 1. The Hall–Kier alpha value is -1.98. The molecule has 6 nitrogen and oxygen atoms in total. The number of nitrogens with two attached hydrogens (primary N) is 1. The first-order valence-corrected chi connectivity index (χ1v) is 3.81. The summed E-state index contributed by atoms with van der Waals surface area (Å²) in [5.74, 6) is 3.01. The molecule has 1 aromatic rings. The first-order valence-electron chi connectivity index (χ1n) is 3.81. The molecule has 0 saturated heterocycles. The van der Waals surface area contributed by atoms with E-state index in [0.717, 1.165) is 4.68 Å². The van der Waals surface area contributed by atoms with Gasteiger partial charge in [-0.05, 0) is 19.4 Å². The topological polar surface area (TPSA) is 106 Å². The molecular formula is C8H10N2O4. The molecule has 76 valence electrons. The summed E-state index contributed by atoms with van der Waals surface area (Å²) in [6, 6.07) is 0. The zero-order valence-electron chi connectivity index (χ0n) is 7.74. The van der Waals surface area contributed by atoms with Gasteiger partial charge in [0.15, 0.2) is 5.69 Å². The third-order valence-corrected chi connectivity index (χ3v) is 2.11. The Labute approximate surface area is 79.5 Å². The van der Waals surface area contributed by atoms with Crippen molar-refractivity contribution in [3.8, 4) is 0 Å². The van der Waals surface area contributed by atoms with Gasteiger partial charge in [-0.2, -0.15) is 0 Å². The predicted molar refractivity (Wildman–Crippen MR) is 48.0 cm³/mol. The lowest BCUT2D eigenvalue weighted by Gasteiger charge is -1.99. The van der Waals surface area contributed by atoms with Gasteiger partial charge in [0.05, 0.1) is 11.3 Å². The van der Waals surface area contributed by atoms with Crippen LogP contribution >= 0.6 is 0 Å². The van der Waals surface area contributed by atoms with Crippen LogP contribution in [-0.2, 0) is 0 Å². The highest BCUT2D eigenvalue weighted by atomic mass is 16.4. The molecule has 6 heteroatoms. The van der Waals surface area contributed by atoms with Gasteiger partial charge in [0.1, 0.15) is 0 Å². The molecule has 14 heavy (non-hydrogen) atoms. The summed E-state index contributed by atoms with van der Waals surface area (Å²) in [4.78, 5) is 21.5. The van der Waals surface area contributed by atoms with Crippen molar-refractivity contribution in [3.63, 3.8) is 0 Å². The molecule has 0 aliphatic heterocycles. The maximum Gasteiger partial charge on any atom is 0.354 e. The lowest BCUT2D eigenvalue weighted by Crippen LogP contribution is -2.18. The number of aromatic carboxylic acids is 2. The van der Waals surface area contributed by atoms with Crippen molar-refractivity contribution < 1.29 is 19.8 Å². The second kappa shape index (κ2) is 3.06. The van der Waals surface area contributed by atoms with Crippen LogP contribution in [0.25, 0.3) is 0 Å². The van der Waals surface area contributed by atoms with E-state index in [1.54, 1.807) is 0 Å². The quantitative estimate of drug-likeness (QED) is 0.589. The molecule has 0 unspecified atom stereocenters. The van der Waals surface area contributed by atoms with Crippen LogP contribution in [0.5, 0.6) is 0 Å². The van der Waals surface area contributed by atoms with Crippen molar-refractivity contribution in [2.75, 3.05) is 5.84 Å². The minimum Gasteiger partial charge on any atom is -0.478 e. The zero-order chi connectivity index (χ0) is 11.0. The van der Waals surface area contributed by atoms with Crippen LogP contribution in [-0.4, -0.2) is 26.8 Å². The second-order valence-corrected chi connectivity index (χ2v) is 2.91. The molecule has 0 fully saturated rings. The Kier molecular flexibility index (Phi) is 2.21. The Bertz CT molecular complexity index is 382. The van der Waals surface area contributed by atoms with Crippen LogP contribution in [0.4, 0.5) is 0 Å². The molecule has 0 aliphatic carbocycles. The first kappa shape index (κ1) is 10.1. The lowest BCUT2D eigenvalue weighted by molar-refractivity contribution is 0.0683. The van der Waals surface area contributed by atoms with Gasteiger partial charge in [-0.25, -0.2) is 9.59 Å². The van der Waals surface area contributed by atoms with Crippen LogP contribution in [0.2, 0.25) is 0 Å². The Morgan fingerprint density at radius 3 is 1.93 bits per heavy atom. The highest BCUT2D eigenvalue weighted by Crippen LogP contribution is 2.19. The normalized spacial score (nSPS) is 10.1. The van der Waals surface area contributed by atoms with Gasteiger partial charge < -0.3 is 16.1 Å². The third kappa shape index (κ3) is 1.20. The molecule has 0 atom stereocenters. The number of hydrogen-bond acceptors (Lipinski definition) is 3. The van der Waals surface area contributed by atoms with E-state index >= 15 is 0 Å². The van der Waals surface area contributed by atoms with Crippen molar-refractivity contribution in [3.05, 3.63) is 22.5 Å². The highest BCUT2D eigenvalue weighted by molar-refractivity contribution is 5.97. The maximum absolute atomic E-state index is 10.8. The van der Waals surface area contributed by atoms with Gasteiger partial charge in [-0.1, -0.05) is 0 Å². The molecule has 0 radical (unpaired) electrons. The minimum absolute atomic E-state index is 0.0510. The summed E-state index contributed by atoms with van der Waals surface area (Å²) >= 11 is 0. The fourth-order valence-electron chi connectivity index (χ4n) is 1.44. The summed E-state index contributed by atoms with van der Waals surface area (Å²) < 4.78 is 0.876. The van der Waals surface area contributed by atoms with Crippen LogP contribution in [0.3, 0.4) is 0 Å². The summed E-state index contributed by atoms with van der Waals surface area (Å²) in [6.45, 7) is 2.88. The summed E-state index contributed by atoms with van der Waals surface area (Å²) in [5.41, 5.74) is 0.155. The van der Waals surface area contributed by atoms with Crippen molar-refractivity contribution >= 4 is 11.9 Å². The summed E-state index contributed by atoms with van der Waals surface area (Å²) in [6.07, 6.45) is 0. The zero-order valence-corrected chi connectivity index (χ0v) is 7.74. The summed E-state index contributed by atoms with van der Waals surface area (Å²) in [5, 5.41) is 17.6. The number of carbonyl (C=O) groups is 2. The first-order chi connectivity index (χ1) is 6.37. The van der Waals surface area contributed by atoms with E-state index in [9.17, 15) is 9.59 Å². The molecule has 1 heterocycles. The number of carboxylic acid groups (broad SMARTS) is 2. The van der Waals surface area contributed by atoms with Gasteiger partial charge in [-0.3, -0.25) is 4.68 Å². The molecule has 0 spiro atoms. The predicted octanol–water partition coefficient (Wildman–Crippen LogP) is 0.215. The molecule has 0 amide bonds. The van der Waals surface area contributed by atoms with E-state index in [-0.39, 0.29) is 22.5 Å². The second-order valence-electron chi connectivity index (χ2n) is 2.91. The molecule has 1 rings (SSSR count). The number of carboxylic acids is 2. The van der Waals surface area contributed by atoms with Crippen LogP contribution in [0.15, 0.2) is 0 Å². The van der Waals surface area contributed by atoms with Crippen molar-refractivity contribution in [2.45, 2.75) is 13.8 Å². The standard InChI is InChI=1S/C8H10N2O4/c1-3-5(7(11)12)4(2)10(9)6(3)8(13)14/h9H2,1-2H3,(H,11,12)(H,13,14). The molecule has 4 N–H and O–H groups in total.